The monoisotopic (exact) mass is 489 g/mol. The van der Waals surface area contributed by atoms with Gasteiger partial charge in [-0.2, -0.15) is 0 Å². The van der Waals surface area contributed by atoms with Crippen molar-refractivity contribution in [2.75, 3.05) is 0 Å². The van der Waals surface area contributed by atoms with Gasteiger partial charge in [0, 0.05) is 11.1 Å². The van der Waals surface area contributed by atoms with E-state index in [0.29, 0.717) is 0 Å². The largest absolute Gasteiger partial charge is 0.253 e. The maximum Gasteiger partial charge on any atom is 0.0671 e. The van der Waals surface area contributed by atoms with Gasteiger partial charge in [0.15, 0.2) is 0 Å². The molecule has 7 rings (SSSR count). The Hall–Kier alpha value is -4.23. The van der Waals surface area contributed by atoms with E-state index >= 15 is 0 Å². The molecule has 1 aliphatic carbocycles. The van der Waals surface area contributed by atoms with E-state index in [1.54, 1.807) is 0 Å². The molecule has 0 unspecified atom stereocenters. The number of nitrogens with zero attached hydrogens (tertiary/aromatic N) is 1. The number of aryl methyl sites for hydroxylation is 1. The summed E-state index contributed by atoms with van der Waals surface area (Å²) in [7, 11) is 0. The summed E-state index contributed by atoms with van der Waals surface area (Å²) in [5.41, 5.74) is 15.4. The van der Waals surface area contributed by atoms with Crippen LogP contribution in [-0.4, -0.2) is 5.71 Å². The molecule has 5 aromatic carbocycles. The predicted molar refractivity (Wildman–Crippen MR) is 160 cm³/mol. The molecule has 0 saturated heterocycles. The molecule has 1 heterocycles. The molecule has 0 atom stereocenters. The fourth-order valence-electron chi connectivity index (χ4n) is 6.27. The van der Waals surface area contributed by atoms with E-state index in [-0.39, 0.29) is 5.41 Å². The zero-order valence-corrected chi connectivity index (χ0v) is 22.0. The highest BCUT2D eigenvalue weighted by atomic mass is 14.8. The Kier molecular flexibility index (Phi) is 5.40. The van der Waals surface area contributed by atoms with Gasteiger partial charge in [0.2, 0.25) is 0 Å². The van der Waals surface area contributed by atoms with Crippen LogP contribution in [0.2, 0.25) is 0 Å². The van der Waals surface area contributed by atoms with Crippen LogP contribution < -0.4 is 0 Å². The standard InChI is InChI=1S/C37H31N/c1-37(2)33-22-28(25-10-5-3-6-11-25)18-20-31(33)32-21-19-29(23-34(32)37)30-17-16-27-14-9-15-35(38-36(27)24-30)26-12-7-4-8-13-26/h3-8,10-13,16-24H,9,14-15H2,1-2H3. The third kappa shape index (κ3) is 3.82. The average molecular weight is 490 g/mol. The molecule has 1 nitrogen and oxygen atoms in total. The Balaban J connectivity index is 1.28. The summed E-state index contributed by atoms with van der Waals surface area (Å²) < 4.78 is 0. The lowest BCUT2D eigenvalue weighted by atomic mass is 9.81. The Bertz CT molecular complexity index is 1690. The molecule has 0 radical (unpaired) electrons. The van der Waals surface area contributed by atoms with E-state index in [2.05, 4.69) is 129 Å². The van der Waals surface area contributed by atoms with Gasteiger partial charge >= 0.3 is 0 Å². The summed E-state index contributed by atoms with van der Waals surface area (Å²) in [5.74, 6) is 0. The third-order valence-corrected chi connectivity index (χ3v) is 8.42. The second kappa shape index (κ2) is 8.96. The molecule has 0 fully saturated rings. The minimum absolute atomic E-state index is 0.0597. The van der Waals surface area contributed by atoms with Crippen molar-refractivity contribution in [2.45, 2.75) is 38.5 Å². The Labute approximate surface area is 225 Å². The summed E-state index contributed by atoms with van der Waals surface area (Å²) in [6, 6.07) is 42.2. The van der Waals surface area contributed by atoms with Crippen LogP contribution in [0.25, 0.3) is 33.4 Å². The molecular weight excluding hydrogens is 458 g/mol. The van der Waals surface area contributed by atoms with Crippen molar-refractivity contribution in [2.24, 2.45) is 4.99 Å². The minimum Gasteiger partial charge on any atom is -0.253 e. The van der Waals surface area contributed by atoms with E-state index in [0.717, 1.165) is 24.9 Å². The lowest BCUT2D eigenvalue weighted by Gasteiger charge is -2.22. The fourth-order valence-corrected chi connectivity index (χ4v) is 6.27. The lowest BCUT2D eigenvalue weighted by molar-refractivity contribution is 0.661. The molecule has 0 N–H and O–H groups in total. The van der Waals surface area contributed by atoms with E-state index in [9.17, 15) is 0 Å². The normalized spacial score (nSPS) is 15.2. The van der Waals surface area contributed by atoms with Gasteiger partial charge in [-0.05, 0) is 93.1 Å². The number of hydrogen-bond acceptors (Lipinski definition) is 1. The highest BCUT2D eigenvalue weighted by Crippen LogP contribution is 2.50. The summed E-state index contributed by atoms with van der Waals surface area (Å²) in [6.45, 7) is 4.73. The van der Waals surface area contributed by atoms with Gasteiger partial charge in [-0.3, -0.25) is 4.99 Å². The molecular formula is C37H31N. The zero-order valence-electron chi connectivity index (χ0n) is 22.0. The molecule has 38 heavy (non-hydrogen) atoms. The van der Waals surface area contributed by atoms with Gasteiger partial charge in [-0.15, -0.1) is 0 Å². The summed E-state index contributed by atoms with van der Waals surface area (Å²) >= 11 is 0. The first-order valence-electron chi connectivity index (χ1n) is 13.7. The highest BCUT2D eigenvalue weighted by Gasteiger charge is 2.35. The summed E-state index contributed by atoms with van der Waals surface area (Å²) in [5, 5.41) is 0. The second-order valence-corrected chi connectivity index (χ2v) is 11.1. The number of aliphatic imine (C=N–C) groups is 1. The number of rotatable bonds is 3. The van der Waals surface area contributed by atoms with Crippen molar-refractivity contribution in [1.82, 2.24) is 0 Å². The first kappa shape index (κ1) is 22.9. The average Bonchev–Trinajstić information content (AvgIpc) is 3.08. The van der Waals surface area contributed by atoms with Gasteiger partial charge in [-0.25, -0.2) is 0 Å². The number of benzene rings is 5. The van der Waals surface area contributed by atoms with E-state index in [4.69, 9.17) is 4.99 Å². The number of fused-ring (bicyclic) bond motifs is 4. The molecule has 0 spiro atoms. The molecule has 0 saturated carbocycles. The van der Waals surface area contributed by atoms with Gasteiger partial charge < -0.3 is 0 Å². The van der Waals surface area contributed by atoms with Crippen molar-refractivity contribution in [1.29, 1.82) is 0 Å². The SMILES string of the molecule is CC1(C)c2cc(-c3ccccc3)ccc2-c2ccc(-c3ccc4c(c3)N=C(c3ccccc3)CCC4)cc21. The summed E-state index contributed by atoms with van der Waals surface area (Å²) in [4.78, 5) is 5.18. The Morgan fingerprint density at radius 3 is 1.74 bits per heavy atom. The van der Waals surface area contributed by atoms with E-state index in [1.807, 2.05) is 0 Å². The smallest absolute Gasteiger partial charge is 0.0671 e. The van der Waals surface area contributed by atoms with Gasteiger partial charge in [-0.1, -0.05) is 111 Å². The van der Waals surface area contributed by atoms with Crippen LogP contribution in [0.15, 0.2) is 120 Å². The summed E-state index contributed by atoms with van der Waals surface area (Å²) in [6.07, 6.45) is 3.23. The van der Waals surface area contributed by atoms with Crippen LogP contribution in [0.3, 0.4) is 0 Å². The molecule has 0 bridgehead atoms. The van der Waals surface area contributed by atoms with Gasteiger partial charge in [0.05, 0.1) is 5.69 Å². The molecule has 0 amide bonds. The zero-order chi connectivity index (χ0) is 25.7. The van der Waals surface area contributed by atoms with Crippen LogP contribution >= 0.6 is 0 Å². The van der Waals surface area contributed by atoms with Crippen molar-refractivity contribution in [3.63, 3.8) is 0 Å². The van der Waals surface area contributed by atoms with Crippen LogP contribution in [0.4, 0.5) is 5.69 Å². The van der Waals surface area contributed by atoms with Crippen LogP contribution in [-0.2, 0) is 11.8 Å². The van der Waals surface area contributed by atoms with Crippen molar-refractivity contribution in [3.05, 3.63) is 138 Å². The number of hydrogen-bond donors (Lipinski definition) is 0. The minimum atomic E-state index is -0.0597. The first-order chi connectivity index (χ1) is 18.6. The topological polar surface area (TPSA) is 12.4 Å². The maximum atomic E-state index is 5.18. The van der Waals surface area contributed by atoms with Crippen LogP contribution in [0.5, 0.6) is 0 Å². The first-order valence-corrected chi connectivity index (χ1v) is 13.7. The highest BCUT2D eigenvalue weighted by molar-refractivity contribution is 6.02. The molecule has 1 aliphatic heterocycles. The van der Waals surface area contributed by atoms with Gasteiger partial charge in [0.1, 0.15) is 0 Å². The van der Waals surface area contributed by atoms with E-state index < -0.39 is 0 Å². The quantitative estimate of drug-likeness (QED) is 0.239. The molecule has 1 heteroatoms. The molecule has 2 aliphatic rings. The lowest BCUT2D eigenvalue weighted by Crippen LogP contribution is -2.15. The van der Waals surface area contributed by atoms with Gasteiger partial charge in [0.25, 0.3) is 0 Å². The second-order valence-electron chi connectivity index (χ2n) is 11.1. The van der Waals surface area contributed by atoms with Crippen molar-refractivity contribution >= 4 is 11.4 Å². The fraction of sp³-hybridized carbons (Fsp3) is 0.162. The predicted octanol–water partition coefficient (Wildman–Crippen LogP) is 9.78. The molecule has 5 aromatic rings. The van der Waals surface area contributed by atoms with Crippen molar-refractivity contribution in [3.8, 4) is 33.4 Å². The molecule has 184 valence electrons. The third-order valence-electron chi connectivity index (χ3n) is 8.42. The van der Waals surface area contributed by atoms with E-state index in [1.165, 1.54) is 61.3 Å². The molecule has 0 aromatic heterocycles. The Morgan fingerprint density at radius 2 is 1.08 bits per heavy atom. The van der Waals surface area contributed by atoms with Crippen LogP contribution in [0, 0.1) is 0 Å². The maximum absolute atomic E-state index is 5.18. The van der Waals surface area contributed by atoms with Crippen molar-refractivity contribution < 1.29 is 0 Å². The Morgan fingerprint density at radius 1 is 0.526 bits per heavy atom. The van der Waals surface area contributed by atoms with Crippen LogP contribution in [0.1, 0.15) is 48.9 Å².